The Bertz CT molecular complexity index is 1170. The number of amides is 2. The Morgan fingerprint density at radius 2 is 1.70 bits per heavy atom. The largest absolute Gasteiger partial charge is 0.497 e. The van der Waals surface area contributed by atoms with Crippen LogP contribution in [0, 0.1) is 23.7 Å². The van der Waals surface area contributed by atoms with Crippen molar-refractivity contribution < 1.29 is 19.1 Å². The second-order valence-electron chi connectivity index (χ2n) is 12.8. The molecule has 2 amide bonds. The van der Waals surface area contributed by atoms with Gasteiger partial charge < -0.3 is 15.4 Å². The van der Waals surface area contributed by atoms with E-state index in [0.717, 1.165) is 49.0 Å². The summed E-state index contributed by atoms with van der Waals surface area (Å²) in [5.74, 6) is 1.30. The monoisotopic (exact) mass is 588 g/mol. The molecule has 4 unspecified atom stereocenters. The highest BCUT2D eigenvalue weighted by Crippen LogP contribution is 2.29. The van der Waals surface area contributed by atoms with Gasteiger partial charge in [-0.25, -0.2) is 0 Å². The van der Waals surface area contributed by atoms with E-state index >= 15 is 0 Å². The lowest BCUT2D eigenvalue weighted by molar-refractivity contribution is -0.129. The van der Waals surface area contributed by atoms with Crippen molar-refractivity contribution in [3.05, 3.63) is 77.9 Å². The minimum absolute atomic E-state index is 0.0123. The lowest BCUT2D eigenvalue weighted by atomic mass is 9.80. The van der Waals surface area contributed by atoms with Crippen molar-refractivity contribution in [2.45, 2.75) is 91.0 Å². The molecule has 0 spiro atoms. The average Bonchev–Trinajstić information content (AvgIpc) is 2.99. The Morgan fingerprint density at radius 3 is 2.37 bits per heavy atom. The van der Waals surface area contributed by atoms with E-state index in [1.165, 1.54) is 5.56 Å². The summed E-state index contributed by atoms with van der Waals surface area (Å²) < 4.78 is 5.27. The first-order chi connectivity index (χ1) is 20.6. The van der Waals surface area contributed by atoms with Crippen molar-refractivity contribution in [3.8, 4) is 5.75 Å². The number of ether oxygens (including phenoxy) is 1. The number of methoxy groups -OCH3 is 1. The first-order valence-electron chi connectivity index (χ1n) is 16.1. The molecule has 0 radical (unpaired) electrons. The number of nitrogens with one attached hydrogen (secondary N) is 2. The van der Waals surface area contributed by atoms with E-state index in [0.29, 0.717) is 50.4 Å². The van der Waals surface area contributed by atoms with Gasteiger partial charge in [0.05, 0.1) is 7.11 Å². The summed E-state index contributed by atoms with van der Waals surface area (Å²) in [4.78, 5) is 40.2. The summed E-state index contributed by atoms with van der Waals surface area (Å²) in [6.45, 7) is 11.1. The fourth-order valence-corrected chi connectivity index (χ4v) is 6.00. The fourth-order valence-electron chi connectivity index (χ4n) is 6.00. The van der Waals surface area contributed by atoms with Gasteiger partial charge >= 0.3 is 0 Å². The second kappa shape index (κ2) is 17.6. The maximum absolute atomic E-state index is 13.7. The van der Waals surface area contributed by atoms with Crippen LogP contribution in [0.5, 0.6) is 5.75 Å². The maximum atomic E-state index is 13.7. The predicted octanol–water partition coefficient (Wildman–Crippen LogP) is 6.87. The maximum Gasteiger partial charge on any atom is 0.242 e. The number of carbonyl (C=O) groups excluding carboxylic acids is 3. The Morgan fingerprint density at radius 1 is 0.977 bits per heavy atom. The van der Waals surface area contributed by atoms with Crippen molar-refractivity contribution in [3.63, 3.8) is 0 Å². The molecule has 234 valence electrons. The van der Waals surface area contributed by atoms with Crippen molar-refractivity contribution in [1.29, 1.82) is 0 Å². The topological polar surface area (TPSA) is 84.5 Å². The van der Waals surface area contributed by atoms with E-state index in [-0.39, 0.29) is 29.6 Å². The molecule has 1 aliphatic rings. The molecule has 0 bridgehead atoms. The second-order valence-corrected chi connectivity index (χ2v) is 12.8. The van der Waals surface area contributed by atoms with Crippen LogP contribution in [-0.2, 0) is 27.2 Å². The number of rotatable bonds is 9. The molecule has 6 heteroatoms. The first kappa shape index (κ1) is 34.1. The zero-order chi connectivity index (χ0) is 31.2. The van der Waals surface area contributed by atoms with Crippen LogP contribution in [0.15, 0.2) is 66.7 Å². The minimum Gasteiger partial charge on any atom is -0.497 e. The third-order valence-corrected chi connectivity index (χ3v) is 8.68. The van der Waals surface area contributed by atoms with Crippen molar-refractivity contribution in [2.24, 2.45) is 23.7 Å². The van der Waals surface area contributed by atoms with Gasteiger partial charge in [-0.3, -0.25) is 14.4 Å². The third kappa shape index (κ3) is 12.0. The molecule has 0 aliphatic carbocycles. The molecular formula is C37H52N2O4. The molecule has 1 heterocycles. The highest BCUT2D eigenvalue weighted by Gasteiger charge is 2.27. The first-order valence-corrected chi connectivity index (χ1v) is 16.1. The summed E-state index contributed by atoms with van der Waals surface area (Å²) >= 11 is 0. The van der Waals surface area contributed by atoms with Gasteiger partial charge in [0.2, 0.25) is 11.8 Å². The average molecular weight is 589 g/mol. The number of carbonyl (C=O) groups is 3. The number of ketones is 1. The van der Waals surface area contributed by atoms with E-state index in [9.17, 15) is 14.4 Å². The molecule has 3 rings (SSSR count). The van der Waals surface area contributed by atoms with Crippen molar-refractivity contribution >= 4 is 17.6 Å². The number of hydrogen-bond donors (Lipinski definition) is 2. The molecule has 1 aliphatic heterocycles. The SMILES string of the molecule is C=C1CC(CC(C)C)C(=O)CC(CCCc2ccccc2)CCCC(=O)NC(Cc2ccc(OC)cc2)C(=O)NCC1C. The van der Waals surface area contributed by atoms with Crippen LogP contribution in [0.25, 0.3) is 0 Å². The summed E-state index contributed by atoms with van der Waals surface area (Å²) in [6.07, 6.45) is 7.20. The number of benzene rings is 2. The van der Waals surface area contributed by atoms with Gasteiger partial charge in [-0.2, -0.15) is 0 Å². The summed E-state index contributed by atoms with van der Waals surface area (Å²) in [5, 5.41) is 6.04. The van der Waals surface area contributed by atoms with Crippen molar-refractivity contribution in [2.75, 3.05) is 13.7 Å². The highest BCUT2D eigenvalue weighted by molar-refractivity contribution is 5.88. The smallest absolute Gasteiger partial charge is 0.242 e. The van der Waals surface area contributed by atoms with Crippen molar-refractivity contribution in [1.82, 2.24) is 10.6 Å². The summed E-state index contributed by atoms with van der Waals surface area (Å²) in [5.41, 5.74) is 3.25. The van der Waals surface area contributed by atoms with Crippen LogP contribution < -0.4 is 15.4 Å². The van der Waals surface area contributed by atoms with Gasteiger partial charge in [-0.05, 0) is 86.0 Å². The van der Waals surface area contributed by atoms with Crippen LogP contribution in [0.3, 0.4) is 0 Å². The van der Waals surface area contributed by atoms with E-state index < -0.39 is 6.04 Å². The van der Waals surface area contributed by atoms with Gasteiger partial charge in [-0.15, -0.1) is 0 Å². The summed E-state index contributed by atoms with van der Waals surface area (Å²) in [7, 11) is 1.62. The number of aryl methyl sites for hydroxylation is 1. The molecule has 2 aromatic rings. The molecular weight excluding hydrogens is 536 g/mol. The van der Waals surface area contributed by atoms with Crippen LogP contribution in [-0.4, -0.2) is 37.3 Å². The molecule has 0 aromatic heterocycles. The Kier molecular flexibility index (Phi) is 14.0. The van der Waals surface area contributed by atoms with Crippen LogP contribution >= 0.6 is 0 Å². The number of hydrogen-bond acceptors (Lipinski definition) is 4. The summed E-state index contributed by atoms with van der Waals surface area (Å²) in [6, 6.07) is 17.4. The van der Waals surface area contributed by atoms with Crippen LogP contribution in [0.2, 0.25) is 0 Å². The van der Waals surface area contributed by atoms with Crippen LogP contribution in [0.1, 0.15) is 83.3 Å². The zero-order valence-electron chi connectivity index (χ0n) is 26.7. The lowest BCUT2D eigenvalue weighted by Gasteiger charge is -2.26. The molecule has 2 aromatic carbocycles. The molecule has 0 saturated carbocycles. The van der Waals surface area contributed by atoms with E-state index in [1.54, 1.807) is 7.11 Å². The fraction of sp³-hybridized carbons (Fsp3) is 0.541. The Balaban J connectivity index is 1.76. The standard InChI is InChI=1S/C37H52N2O4/c1-26(2)21-32-22-27(3)28(4)25-38-37(42)34(23-31-17-19-33(43-5)20-18-31)39-36(41)16-10-15-30(24-35(32)40)14-9-13-29-11-7-6-8-12-29/h6-8,11-12,17-20,26,28,30,32,34H,3,9-10,13-16,21-25H2,1-2,4-5H3,(H,38,42)(H,39,41). The molecule has 2 N–H and O–H groups in total. The van der Waals surface area contributed by atoms with Gasteiger partial charge in [0.1, 0.15) is 17.6 Å². The predicted molar refractivity (Wildman–Crippen MR) is 174 cm³/mol. The van der Waals surface area contributed by atoms with E-state index in [4.69, 9.17) is 4.74 Å². The quantitative estimate of drug-likeness (QED) is 0.313. The molecule has 43 heavy (non-hydrogen) atoms. The molecule has 6 nitrogen and oxygen atoms in total. The zero-order valence-corrected chi connectivity index (χ0v) is 26.7. The highest BCUT2D eigenvalue weighted by atomic mass is 16.5. The van der Waals surface area contributed by atoms with E-state index in [1.807, 2.05) is 37.3 Å². The molecule has 4 atom stereocenters. The Hall–Kier alpha value is -3.41. The normalized spacial score (nSPS) is 23.1. The number of Topliss-reactive ketones (excluding diaryl/α,β-unsaturated/α-hetero) is 1. The van der Waals surface area contributed by atoms with Gasteiger partial charge in [0.15, 0.2) is 0 Å². The Labute approximate surface area is 259 Å². The van der Waals surface area contributed by atoms with Gasteiger partial charge in [0, 0.05) is 31.7 Å². The molecule has 1 saturated heterocycles. The third-order valence-electron chi connectivity index (χ3n) is 8.68. The lowest BCUT2D eigenvalue weighted by Crippen LogP contribution is -2.49. The minimum atomic E-state index is -0.675. The van der Waals surface area contributed by atoms with E-state index in [2.05, 4.69) is 55.3 Å². The molecule has 1 fully saturated rings. The van der Waals surface area contributed by atoms with Gasteiger partial charge in [-0.1, -0.05) is 75.4 Å². The van der Waals surface area contributed by atoms with Crippen LogP contribution in [0.4, 0.5) is 0 Å². The van der Waals surface area contributed by atoms with Gasteiger partial charge in [0.25, 0.3) is 0 Å².